The Morgan fingerprint density at radius 3 is 0.955 bits per heavy atom. The first kappa shape index (κ1) is 63.8. The van der Waals surface area contributed by atoms with Gasteiger partial charge in [0.2, 0.25) is 0 Å². The van der Waals surface area contributed by atoms with Crippen molar-refractivity contribution in [3.8, 4) is 0 Å². The van der Waals surface area contributed by atoms with E-state index in [0.717, 1.165) is 109 Å². The van der Waals surface area contributed by atoms with Crippen molar-refractivity contribution in [1.82, 2.24) is 0 Å². The predicted molar refractivity (Wildman–Crippen MR) is 288 cm³/mol. The molecule has 0 aromatic heterocycles. The van der Waals surface area contributed by atoms with Gasteiger partial charge in [-0.25, -0.2) is 0 Å². The van der Waals surface area contributed by atoms with Crippen LogP contribution in [0.5, 0.6) is 0 Å². The summed E-state index contributed by atoms with van der Waals surface area (Å²) < 4.78 is 16.8. The smallest absolute Gasteiger partial charge is 0.306 e. The molecule has 1 unspecified atom stereocenters. The van der Waals surface area contributed by atoms with Gasteiger partial charge in [0.1, 0.15) is 13.2 Å². The first-order valence-corrected chi connectivity index (χ1v) is 28.4. The van der Waals surface area contributed by atoms with Gasteiger partial charge >= 0.3 is 17.9 Å². The number of unbranched alkanes of at least 4 members (excludes halogenated alkanes) is 28. The van der Waals surface area contributed by atoms with E-state index in [1.807, 2.05) is 0 Å². The van der Waals surface area contributed by atoms with Crippen molar-refractivity contribution in [3.05, 3.63) is 72.9 Å². The summed E-state index contributed by atoms with van der Waals surface area (Å²) in [6, 6.07) is 0. The highest BCUT2D eigenvalue weighted by Gasteiger charge is 2.19. The third-order valence-electron chi connectivity index (χ3n) is 12.1. The lowest BCUT2D eigenvalue weighted by molar-refractivity contribution is -0.167. The van der Waals surface area contributed by atoms with Crippen LogP contribution < -0.4 is 0 Å². The molecule has 1 atom stereocenters. The minimum atomic E-state index is -0.787. The molecule has 0 aliphatic carbocycles. The zero-order valence-corrected chi connectivity index (χ0v) is 44.2. The summed E-state index contributed by atoms with van der Waals surface area (Å²) in [5.41, 5.74) is 0. The van der Waals surface area contributed by atoms with Gasteiger partial charge in [-0.05, 0) is 103 Å². The number of esters is 3. The lowest BCUT2D eigenvalue weighted by Crippen LogP contribution is -2.30. The van der Waals surface area contributed by atoms with Gasteiger partial charge in [-0.2, -0.15) is 0 Å². The van der Waals surface area contributed by atoms with E-state index in [9.17, 15) is 14.4 Å². The minimum Gasteiger partial charge on any atom is -0.462 e. The molecule has 386 valence electrons. The zero-order valence-electron chi connectivity index (χ0n) is 44.2. The molecule has 0 aromatic carbocycles. The van der Waals surface area contributed by atoms with Crippen molar-refractivity contribution >= 4 is 17.9 Å². The molecule has 0 amide bonds. The minimum absolute atomic E-state index is 0.0856. The Kier molecular flexibility index (Phi) is 52.8. The summed E-state index contributed by atoms with van der Waals surface area (Å²) in [6.07, 6.45) is 70.4. The molecule has 0 rings (SSSR count). The normalized spacial score (nSPS) is 12.6. The largest absolute Gasteiger partial charge is 0.462 e. The maximum absolute atomic E-state index is 12.8. The number of carbonyl (C=O) groups excluding carboxylic acids is 3. The van der Waals surface area contributed by atoms with Crippen LogP contribution in [0.4, 0.5) is 0 Å². The van der Waals surface area contributed by atoms with E-state index in [4.69, 9.17) is 14.2 Å². The highest BCUT2D eigenvalue weighted by Crippen LogP contribution is 2.15. The van der Waals surface area contributed by atoms with Crippen molar-refractivity contribution < 1.29 is 28.6 Å². The fraction of sp³-hybridized carbons (Fsp3) is 0.754. The molecule has 0 heterocycles. The molecule has 67 heavy (non-hydrogen) atoms. The van der Waals surface area contributed by atoms with Crippen LogP contribution >= 0.6 is 0 Å². The van der Waals surface area contributed by atoms with Crippen LogP contribution in [0.25, 0.3) is 0 Å². The standard InChI is InChI=1S/C61H106O6/c1-4-7-10-13-16-19-22-24-25-26-27-28-29-30-31-32-33-34-35-37-39-42-45-48-51-54-60(63)66-57-58(56-65-59(62)53-50-47-44-41-38-21-18-15-12-9-6-3)67-61(64)55-52-49-46-43-40-36-23-20-17-14-11-8-5-2/h11,14-15,18,20,22-24,26-27,29-30,58H,4-10,12-13,16-17,19,21,25,28,31-57H2,1-3H3/b14-11-,18-15-,23-20-,24-22-,27-26-,30-29-. The van der Waals surface area contributed by atoms with Crippen LogP contribution in [-0.2, 0) is 28.6 Å². The van der Waals surface area contributed by atoms with Crippen molar-refractivity contribution in [3.63, 3.8) is 0 Å². The van der Waals surface area contributed by atoms with Crippen LogP contribution in [0, 0.1) is 0 Å². The highest BCUT2D eigenvalue weighted by molar-refractivity contribution is 5.71. The number of hydrogen-bond donors (Lipinski definition) is 0. The van der Waals surface area contributed by atoms with Crippen LogP contribution in [0.15, 0.2) is 72.9 Å². The fourth-order valence-corrected chi connectivity index (χ4v) is 7.82. The van der Waals surface area contributed by atoms with Crippen LogP contribution in [0.1, 0.15) is 278 Å². The number of ether oxygens (including phenoxy) is 3. The zero-order chi connectivity index (χ0) is 48.6. The predicted octanol–water partition coefficient (Wildman–Crippen LogP) is 19.0. The fourth-order valence-electron chi connectivity index (χ4n) is 7.82. The van der Waals surface area contributed by atoms with Crippen LogP contribution in [0.3, 0.4) is 0 Å². The summed E-state index contributed by atoms with van der Waals surface area (Å²) in [5, 5.41) is 0. The van der Waals surface area contributed by atoms with E-state index >= 15 is 0 Å². The van der Waals surface area contributed by atoms with Crippen molar-refractivity contribution in [2.75, 3.05) is 13.2 Å². The van der Waals surface area contributed by atoms with E-state index in [2.05, 4.69) is 93.7 Å². The summed E-state index contributed by atoms with van der Waals surface area (Å²) in [6.45, 7) is 6.51. The summed E-state index contributed by atoms with van der Waals surface area (Å²) in [4.78, 5) is 38.0. The summed E-state index contributed by atoms with van der Waals surface area (Å²) >= 11 is 0. The van der Waals surface area contributed by atoms with E-state index in [0.29, 0.717) is 19.3 Å². The Balaban J connectivity index is 4.26. The Bertz CT molecular complexity index is 1260. The molecule has 0 N–H and O–H groups in total. The maximum Gasteiger partial charge on any atom is 0.306 e. The monoisotopic (exact) mass is 935 g/mol. The molecule has 0 spiro atoms. The third kappa shape index (κ3) is 53.7. The van der Waals surface area contributed by atoms with Crippen LogP contribution in [0.2, 0.25) is 0 Å². The van der Waals surface area contributed by atoms with Gasteiger partial charge in [0.05, 0.1) is 0 Å². The average molecular weight is 936 g/mol. The molecule has 0 bridgehead atoms. The molecule has 6 nitrogen and oxygen atoms in total. The van der Waals surface area contributed by atoms with Crippen molar-refractivity contribution in [2.45, 2.75) is 284 Å². The second-order valence-electron chi connectivity index (χ2n) is 18.8. The first-order chi connectivity index (χ1) is 33.0. The highest BCUT2D eigenvalue weighted by atomic mass is 16.6. The number of rotatable bonds is 51. The van der Waals surface area contributed by atoms with Gasteiger partial charge in [-0.3, -0.25) is 14.4 Å². The maximum atomic E-state index is 12.8. The third-order valence-corrected chi connectivity index (χ3v) is 12.1. The lowest BCUT2D eigenvalue weighted by Gasteiger charge is -2.18. The van der Waals surface area contributed by atoms with Crippen molar-refractivity contribution in [1.29, 1.82) is 0 Å². The lowest BCUT2D eigenvalue weighted by atomic mass is 10.1. The molecule has 6 heteroatoms. The van der Waals surface area contributed by atoms with E-state index in [-0.39, 0.29) is 31.1 Å². The molecular weight excluding hydrogens is 829 g/mol. The van der Waals surface area contributed by atoms with E-state index in [1.54, 1.807) is 0 Å². The Morgan fingerprint density at radius 2 is 0.582 bits per heavy atom. The van der Waals surface area contributed by atoms with Gasteiger partial charge in [-0.1, -0.05) is 229 Å². The second-order valence-corrected chi connectivity index (χ2v) is 18.8. The van der Waals surface area contributed by atoms with Gasteiger partial charge < -0.3 is 14.2 Å². The molecule has 0 radical (unpaired) electrons. The van der Waals surface area contributed by atoms with E-state index < -0.39 is 6.10 Å². The summed E-state index contributed by atoms with van der Waals surface area (Å²) in [7, 11) is 0. The Labute approximate surface area is 414 Å². The van der Waals surface area contributed by atoms with E-state index in [1.165, 1.54) is 128 Å². The Hall–Kier alpha value is -3.15. The van der Waals surface area contributed by atoms with Gasteiger partial charge in [0.15, 0.2) is 6.10 Å². The molecule has 0 saturated carbocycles. The molecule has 0 saturated heterocycles. The van der Waals surface area contributed by atoms with Crippen molar-refractivity contribution in [2.24, 2.45) is 0 Å². The van der Waals surface area contributed by atoms with Gasteiger partial charge in [0.25, 0.3) is 0 Å². The van der Waals surface area contributed by atoms with Gasteiger partial charge in [-0.15, -0.1) is 0 Å². The topological polar surface area (TPSA) is 78.9 Å². The first-order valence-electron chi connectivity index (χ1n) is 28.4. The van der Waals surface area contributed by atoms with Crippen LogP contribution in [-0.4, -0.2) is 37.2 Å². The Morgan fingerprint density at radius 1 is 0.299 bits per heavy atom. The quantitative estimate of drug-likeness (QED) is 0.0262. The molecular formula is C61H106O6. The molecule has 0 aliphatic heterocycles. The molecule has 0 aromatic rings. The average Bonchev–Trinajstić information content (AvgIpc) is 3.33. The SMILES string of the molecule is CCC/C=C\C/C=C\CCCCCCCC(=O)OC(COC(=O)CCCCCCC/C=C\CCCC)COC(=O)CCCCCCCCCCCC/C=C\C/C=C\C/C=C\CCCCCCC. The second kappa shape index (κ2) is 55.4. The number of allylic oxidation sites excluding steroid dienone is 12. The molecule has 0 aliphatic rings. The molecule has 0 fully saturated rings. The number of carbonyl (C=O) groups is 3. The van der Waals surface area contributed by atoms with Gasteiger partial charge in [0, 0.05) is 19.3 Å². The summed E-state index contributed by atoms with van der Waals surface area (Å²) in [5.74, 6) is -0.909. The number of hydrogen-bond acceptors (Lipinski definition) is 6.